The van der Waals surface area contributed by atoms with E-state index < -0.39 is 0 Å². The molecule has 5 rings (SSSR count). The summed E-state index contributed by atoms with van der Waals surface area (Å²) in [4.78, 5) is 28.2. The van der Waals surface area contributed by atoms with Crippen LogP contribution in [0.5, 0.6) is 0 Å². The Morgan fingerprint density at radius 2 is 1.84 bits per heavy atom. The summed E-state index contributed by atoms with van der Waals surface area (Å²) in [6.45, 7) is 8.60. The summed E-state index contributed by atoms with van der Waals surface area (Å²) in [5, 5.41) is 0. The molecule has 1 amide bonds. The number of H-pyrrole nitrogens is 1. The van der Waals surface area contributed by atoms with Crippen molar-refractivity contribution in [1.82, 2.24) is 14.9 Å². The number of fused-ring (bicyclic) bond motifs is 1. The molecule has 6 nitrogen and oxygen atoms in total. The van der Waals surface area contributed by atoms with Crippen LogP contribution < -0.4 is 9.80 Å². The molecule has 6 heteroatoms. The summed E-state index contributed by atoms with van der Waals surface area (Å²) >= 11 is 0. The van der Waals surface area contributed by atoms with E-state index >= 15 is 0 Å². The molecule has 2 fully saturated rings. The smallest absolute Gasteiger partial charge is 0.225 e. The topological polar surface area (TPSA) is 55.5 Å². The van der Waals surface area contributed by atoms with E-state index in [9.17, 15) is 4.79 Å². The molecule has 31 heavy (non-hydrogen) atoms. The fourth-order valence-electron chi connectivity index (χ4n) is 5.03. The summed E-state index contributed by atoms with van der Waals surface area (Å²) in [5.74, 6) is 1.38. The van der Waals surface area contributed by atoms with Crippen LogP contribution in [0.2, 0.25) is 0 Å². The molecule has 1 N–H and O–H groups in total. The third kappa shape index (κ3) is 3.99. The molecule has 1 aromatic heterocycles. The fourth-order valence-corrected chi connectivity index (χ4v) is 5.03. The number of para-hydroxylation sites is 2. The van der Waals surface area contributed by atoms with Crippen molar-refractivity contribution in [2.45, 2.75) is 32.7 Å². The highest BCUT2D eigenvalue weighted by Gasteiger charge is 2.33. The van der Waals surface area contributed by atoms with Crippen molar-refractivity contribution in [3.63, 3.8) is 0 Å². The minimum Gasteiger partial charge on any atom is -0.365 e. The summed E-state index contributed by atoms with van der Waals surface area (Å²) in [6, 6.07) is 17.1. The maximum absolute atomic E-state index is 13.2. The third-order valence-corrected chi connectivity index (χ3v) is 6.79. The molecular formula is C25H31N5O. The van der Waals surface area contributed by atoms with Gasteiger partial charge in [0.25, 0.3) is 0 Å². The minimum absolute atomic E-state index is 0.123. The monoisotopic (exact) mass is 417 g/mol. The molecule has 2 aliphatic rings. The number of imidazole rings is 1. The van der Waals surface area contributed by atoms with Gasteiger partial charge in [-0.25, -0.2) is 4.98 Å². The van der Waals surface area contributed by atoms with Crippen molar-refractivity contribution >= 4 is 28.6 Å². The lowest BCUT2D eigenvalue weighted by Crippen LogP contribution is -2.55. The highest BCUT2D eigenvalue weighted by molar-refractivity contribution is 5.80. The summed E-state index contributed by atoms with van der Waals surface area (Å²) < 4.78 is 0. The molecule has 2 aromatic carbocycles. The number of carbonyl (C=O) groups excluding carboxylic acids is 1. The van der Waals surface area contributed by atoms with E-state index in [-0.39, 0.29) is 5.92 Å². The Balaban J connectivity index is 1.18. The number of nitrogens with zero attached hydrogens (tertiary/aromatic N) is 4. The van der Waals surface area contributed by atoms with Gasteiger partial charge in [0.05, 0.1) is 11.0 Å². The van der Waals surface area contributed by atoms with Gasteiger partial charge in [0.2, 0.25) is 11.9 Å². The maximum Gasteiger partial charge on any atom is 0.225 e. The number of hydrogen-bond donors (Lipinski definition) is 1. The normalized spacial score (nSPS) is 20.5. The van der Waals surface area contributed by atoms with Gasteiger partial charge in [-0.15, -0.1) is 0 Å². The van der Waals surface area contributed by atoms with Crippen LogP contribution in [-0.4, -0.2) is 59.5 Å². The average molecular weight is 418 g/mol. The van der Waals surface area contributed by atoms with Crippen LogP contribution in [0, 0.1) is 12.8 Å². The molecular weight excluding hydrogens is 386 g/mol. The van der Waals surface area contributed by atoms with Crippen LogP contribution in [0.25, 0.3) is 11.0 Å². The predicted molar refractivity (Wildman–Crippen MR) is 126 cm³/mol. The van der Waals surface area contributed by atoms with Gasteiger partial charge in [0, 0.05) is 50.4 Å². The van der Waals surface area contributed by atoms with Crippen LogP contribution >= 0.6 is 0 Å². The Morgan fingerprint density at radius 3 is 2.58 bits per heavy atom. The van der Waals surface area contributed by atoms with Crippen molar-refractivity contribution in [1.29, 1.82) is 0 Å². The van der Waals surface area contributed by atoms with E-state index in [2.05, 4.69) is 63.9 Å². The molecule has 0 spiro atoms. The first-order valence-electron chi connectivity index (χ1n) is 11.4. The van der Waals surface area contributed by atoms with Crippen molar-refractivity contribution in [2.24, 2.45) is 5.92 Å². The number of rotatable bonds is 3. The Morgan fingerprint density at radius 1 is 1.03 bits per heavy atom. The third-order valence-electron chi connectivity index (χ3n) is 6.79. The highest BCUT2D eigenvalue weighted by Crippen LogP contribution is 2.27. The summed E-state index contributed by atoms with van der Waals surface area (Å²) in [6.07, 6.45) is 1.78. The first kappa shape index (κ1) is 19.9. The largest absolute Gasteiger partial charge is 0.365 e. The summed E-state index contributed by atoms with van der Waals surface area (Å²) in [5.41, 5.74) is 4.60. The van der Waals surface area contributed by atoms with Crippen molar-refractivity contribution in [3.8, 4) is 0 Å². The van der Waals surface area contributed by atoms with E-state index in [0.29, 0.717) is 11.9 Å². The van der Waals surface area contributed by atoms with E-state index in [1.54, 1.807) is 0 Å². The van der Waals surface area contributed by atoms with Crippen molar-refractivity contribution in [2.75, 3.05) is 42.5 Å². The van der Waals surface area contributed by atoms with Gasteiger partial charge in [0.15, 0.2) is 0 Å². The highest BCUT2D eigenvalue weighted by atomic mass is 16.2. The van der Waals surface area contributed by atoms with E-state index in [1.165, 1.54) is 11.3 Å². The second kappa shape index (κ2) is 8.25. The average Bonchev–Trinajstić information content (AvgIpc) is 3.23. The number of benzene rings is 2. The second-order valence-electron chi connectivity index (χ2n) is 9.00. The molecule has 3 heterocycles. The fraction of sp³-hybridized carbons (Fsp3) is 0.440. The van der Waals surface area contributed by atoms with Gasteiger partial charge < -0.3 is 19.7 Å². The number of carbonyl (C=O) groups is 1. The quantitative estimate of drug-likeness (QED) is 0.704. The van der Waals surface area contributed by atoms with Crippen LogP contribution in [-0.2, 0) is 4.79 Å². The SMILES string of the molecule is Cc1cccc(N2CCN(C(=O)C3CCN(c4nc5ccccc5[nH]4)CC3)C[C@@H]2C)c1. The molecule has 3 aromatic rings. The number of anilines is 2. The molecule has 0 radical (unpaired) electrons. The number of aromatic nitrogens is 2. The lowest BCUT2D eigenvalue weighted by Gasteiger charge is -2.43. The lowest BCUT2D eigenvalue weighted by atomic mass is 9.94. The minimum atomic E-state index is 0.123. The first-order chi connectivity index (χ1) is 15.1. The Labute approximate surface area is 183 Å². The number of amides is 1. The van der Waals surface area contributed by atoms with Gasteiger partial charge >= 0.3 is 0 Å². The predicted octanol–water partition coefficient (Wildman–Crippen LogP) is 3.83. The van der Waals surface area contributed by atoms with Gasteiger partial charge in [-0.3, -0.25) is 4.79 Å². The molecule has 0 bridgehead atoms. The Hall–Kier alpha value is -3.02. The molecule has 162 valence electrons. The maximum atomic E-state index is 13.2. The second-order valence-corrected chi connectivity index (χ2v) is 9.00. The molecule has 0 unspecified atom stereocenters. The van der Waals surface area contributed by atoms with Crippen molar-refractivity contribution in [3.05, 3.63) is 54.1 Å². The lowest BCUT2D eigenvalue weighted by molar-refractivity contribution is -0.137. The van der Waals surface area contributed by atoms with Crippen LogP contribution in [0.3, 0.4) is 0 Å². The summed E-state index contributed by atoms with van der Waals surface area (Å²) in [7, 11) is 0. The van der Waals surface area contributed by atoms with Crippen LogP contribution in [0.1, 0.15) is 25.3 Å². The zero-order valence-corrected chi connectivity index (χ0v) is 18.4. The molecule has 0 aliphatic carbocycles. The van der Waals surface area contributed by atoms with Gasteiger partial charge in [-0.2, -0.15) is 0 Å². The van der Waals surface area contributed by atoms with E-state index in [4.69, 9.17) is 4.98 Å². The van der Waals surface area contributed by atoms with E-state index in [1.807, 2.05) is 18.2 Å². The molecule has 2 saturated heterocycles. The number of hydrogen-bond acceptors (Lipinski definition) is 4. The number of nitrogens with one attached hydrogen (secondary N) is 1. The van der Waals surface area contributed by atoms with Crippen LogP contribution in [0.4, 0.5) is 11.6 Å². The standard InChI is InChI=1S/C25H31N5O/c1-18-6-5-7-21(16-18)30-15-14-29(17-19(30)2)24(31)20-10-12-28(13-11-20)25-26-22-8-3-4-9-23(22)27-25/h3-9,16,19-20H,10-15,17H2,1-2H3,(H,26,27)/t19-/m0/s1. The first-order valence-corrected chi connectivity index (χ1v) is 11.4. The Kier molecular flexibility index (Phi) is 5.30. The number of aromatic amines is 1. The zero-order valence-electron chi connectivity index (χ0n) is 18.4. The number of aryl methyl sites for hydroxylation is 1. The van der Waals surface area contributed by atoms with Crippen LogP contribution in [0.15, 0.2) is 48.5 Å². The molecule has 2 aliphatic heterocycles. The van der Waals surface area contributed by atoms with Gasteiger partial charge in [-0.1, -0.05) is 24.3 Å². The zero-order chi connectivity index (χ0) is 21.4. The number of piperazine rings is 1. The van der Waals surface area contributed by atoms with Crippen molar-refractivity contribution < 1.29 is 4.79 Å². The molecule has 0 saturated carbocycles. The molecule has 1 atom stereocenters. The van der Waals surface area contributed by atoms with Gasteiger partial charge in [0.1, 0.15) is 0 Å². The van der Waals surface area contributed by atoms with Gasteiger partial charge in [-0.05, 0) is 56.5 Å². The number of piperidine rings is 1. The van der Waals surface area contributed by atoms with E-state index in [0.717, 1.165) is 62.5 Å². The Bertz CT molecular complexity index is 1040.